The zero-order valence-corrected chi connectivity index (χ0v) is 13.4. The van der Waals surface area contributed by atoms with Crippen molar-refractivity contribution < 1.29 is 64.3 Å². The van der Waals surface area contributed by atoms with Gasteiger partial charge >= 0.3 is 11.9 Å². The lowest BCUT2D eigenvalue weighted by Gasteiger charge is -2.44. The van der Waals surface area contributed by atoms with Gasteiger partial charge in [0.2, 0.25) is 0 Å². The highest BCUT2D eigenvalue weighted by Gasteiger charge is 2.53. The number of hydrogen-bond donors (Lipinski definition) is 7. The molecule has 2 heterocycles. The maximum absolute atomic E-state index is 11.6. The van der Waals surface area contributed by atoms with E-state index in [-0.39, 0.29) is 0 Å². The number of carboxylic acid groups (broad SMARTS) is 1. The van der Waals surface area contributed by atoms with Crippen LogP contribution in [0.5, 0.6) is 0 Å². The number of carbonyl (C=O) groups excluding carboxylic acids is 1. The minimum absolute atomic E-state index is 0.975. The zero-order valence-electron chi connectivity index (χ0n) is 13.4. The molecule has 13 nitrogen and oxygen atoms in total. The van der Waals surface area contributed by atoms with E-state index in [0.29, 0.717) is 0 Å². The summed E-state index contributed by atoms with van der Waals surface area (Å²) >= 11 is 0. The van der Waals surface area contributed by atoms with Crippen molar-refractivity contribution in [2.45, 2.75) is 61.4 Å². The smallest absolute Gasteiger partial charge is 0.337 e. The summed E-state index contributed by atoms with van der Waals surface area (Å²) in [6.45, 7) is 0. The molecular weight excluding hydrogens is 364 g/mol. The van der Waals surface area contributed by atoms with Crippen LogP contribution in [0.25, 0.3) is 0 Å². The van der Waals surface area contributed by atoms with Gasteiger partial charge in [-0.2, -0.15) is 0 Å². The van der Waals surface area contributed by atoms with Crippen LogP contribution in [0.1, 0.15) is 0 Å². The zero-order chi connectivity index (χ0) is 19.8. The average Bonchev–Trinajstić information content (AvgIpc) is 2.60. The van der Waals surface area contributed by atoms with E-state index in [9.17, 15) is 40.2 Å². The predicted octanol–water partition coefficient (Wildman–Crippen LogP) is -5.12. The number of hydrogen-bond acceptors (Lipinski definition) is 12. The van der Waals surface area contributed by atoms with Crippen LogP contribution in [0.3, 0.4) is 0 Å². The third-order valence-electron chi connectivity index (χ3n) is 4.10. The molecule has 13 heteroatoms. The standard InChI is InChI=1S/C13H20O13/c1-23-12(22)8-3(15)2(14)6(18)13(26-8)25-7-4(16)5(17)11(21)24-9(7)10(19)20/h2-9,11,13-18,21H,1H3,(H,19,20)/t2-,3+,4+,5+,6+,7+,8-,9-,11+,13-/m0/s1. The van der Waals surface area contributed by atoms with Gasteiger partial charge in [0.05, 0.1) is 7.11 Å². The summed E-state index contributed by atoms with van der Waals surface area (Å²) in [7, 11) is 0.975. The Morgan fingerprint density at radius 2 is 1.42 bits per heavy atom. The van der Waals surface area contributed by atoms with E-state index < -0.39 is 73.4 Å². The number of aliphatic hydroxyl groups excluding tert-OH is 6. The van der Waals surface area contributed by atoms with Gasteiger partial charge in [0.15, 0.2) is 24.8 Å². The van der Waals surface area contributed by atoms with E-state index in [4.69, 9.17) is 14.6 Å². The minimum Gasteiger partial charge on any atom is -0.479 e. The van der Waals surface area contributed by atoms with Crippen molar-refractivity contribution in [2.75, 3.05) is 7.11 Å². The van der Waals surface area contributed by atoms with E-state index >= 15 is 0 Å². The average molecular weight is 384 g/mol. The van der Waals surface area contributed by atoms with Crippen molar-refractivity contribution in [1.29, 1.82) is 0 Å². The summed E-state index contributed by atoms with van der Waals surface area (Å²) in [6.07, 6.45) is -19.2. The number of aliphatic carboxylic acids is 1. The Morgan fingerprint density at radius 3 is 1.96 bits per heavy atom. The fourth-order valence-corrected chi connectivity index (χ4v) is 2.63. The highest BCUT2D eigenvalue weighted by atomic mass is 16.7. The molecule has 0 aliphatic carbocycles. The molecule has 2 fully saturated rings. The molecule has 2 saturated heterocycles. The first-order chi connectivity index (χ1) is 12.1. The molecule has 0 unspecified atom stereocenters. The molecular formula is C13H20O13. The molecule has 26 heavy (non-hydrogen) atoms. The normalized spacial score (nSPS) is 46.6. The maximum atomic E-state index is 11.6. The largest absolute Gasteiger partial charge is 0.479 e. The number of aliphatic hydroxyl groups is 6. The topological polar surface area (TPSA) is 213 Å². The van der Waals surface area contributed by atoms with Crippen LogP contribution >= 0.6 is 0 Å². The van der Waals surface area contributed by atoms with Crippen LogP contribution in [0, 0.1) is 0 Å². The molecule has 2 aliphatic rings. The van der Waals surface area contributed by atoms with Gasteiger partial charge in [-0.1, -0.05) is 0 Å². The molecule has 150 valence electrons. The van der Waals surface area contributed by atoms with Crippen molar-refractivity contribution in [3.63, 3.8) is 0 Å². The van der Waals surface area contributed by atoms with Crippen LogP contribution in [-0.4, -0.2) is 116 Å². The van der Waals surface area contributed by atoms with E-state index in [1.807, 2.05) is 0 Å². The third kappa shape index (κ3) is 3.80. The van der Waals surface area contributed by atoms with E-state index in [0.717, 1.165) is 7.11 Å². The first kappa shape index (κ1) is 20.9. The number of ether oxygens (including phenoxy) is 4. The number of carboxylic acids is 1. The highest BCUT2D eigenvalue weighted by molar-refractivity contribution is 5.75. The van der Waals surface area contributed by atoms with Gasteiger partial charge in [-0.25, -0.2) is 9.59 Å². The molecule has 0 bridgehead atoms. The van der Waals surface area contributed by atoms with Gasteiger partial charge in [0.25, 0.3) is 0 Å². The SMILES string of the molecule is COC(=O)[C@H]1O[C@H](O[C@@H]2[C@H](O)[C@@H](O)[C@H](O)O[C@@H]2C(=O)O)[C@H](O)[C@@H](O)[C@H]1O. The summed E-state index contributed by atoms with van der Waals surface area (Å²) in [4.78, 5) is 22.8. The van der Waals surface area contributed by atoms with Crippen molar-refractivity contribution in [2.24, 2.45) is 0 Å². The van der Waals surface area contributed by atoms with Gasteiger partial charge in [0, 0.05) is 0 Å². The lowest BCUT2D eigenvalue weighted by Crippen LogP contribution is -2.65. The Kier molecular flexibility index (Phi) is 6.49. The first-order valence-corrected chi connectivity index (χ1v) is 7.45. The fourth-order valence-electron chi connectivity index (χ4n) is 2.63. The van der Waals surface area contributed by atoms with Crippen molar-refractivity contribution >= 4 is 11.9 Å². The lowest BCUT2D eigenvalue weighted by molar-refractivity contribution is -0.346. The Labute approximate surface area is 145 Å². The molecule has 2 aliphatic heterocycles. The molecule has 0 aromatic heterocycles. The number of methoxy groups -OCH3 is 1. The predicted molar refractivity (Wildman–Crippen MR) is 74.1 cm³/mol. The van der Waals surface area contributed by atoms with Crippen molar-refractivity contribution in [3.05, 3.63) is 0 Å². The molecule has 10 atom stereocenters. The quantitative estimate of drug-likeness (QED) is 0.226. The Bertz CT molecular complexity index is 526. The lowest BCUT2D eigenvalue weighted by atomic mass is 9.96. The Hall–Kier alpha value is -1.42. The van der Waals surface area contributed by atoms with Gasteiger partial charge in [0.1, 0.15) is 36.6 Å². The van der Waals surface area contributed by atoms with Crippen LogP contribution in [0.4, 0.5) is 0 Å². The summed E-state index contributed by atoms with van der Waals surface area (Å²) in [6, 6.07) is 0. The van der Waals surface area contributed by atoms with Crippen LogP contribution in [0.15, 0.2) is 0 Å². The second-order valence-electron chi connectivity index (χ2n) is 5.79. The van der Waals surface area contributed by atoms with Gasteiger partial charge in [-0.3, -0.25) is 0 Å². The van der Waals surface area contributed by atoms with Gasteiger partial charge in [-0.05, 0) is 0 Å². The van der Waals surface area contributed by atoms with E-state index in [1.54, 1.807) is 0 Å². The molecule has 2 rings (SSSR count). The second kappa shape index (κ2) is 8.08. The number of carbonyl (C=O) groups is 2. The summed E-state index contributed by atoms with van der Waals surface area (Å²) in [5.41, 5.74) is 0. The van der Waals surface area contributed by atoms with Gasteiger partial charge < -0.3 is 54.7 Å². The minimum atomic E-state index is -2.02. The number of esters is 1. The second-order valence-corrected chi connectivity index (χ2v) is 5.79. The van der Waals surface area contributed by atoms with Crippen molar-refractivity contribution in [1.82, 2.24) is 0 Å². The molecule has 0 spiro atoms. The number of rotatable bonds is 4. The molecule has 0 aromatic carbocycles. The van der Waals surface area contributed by atoms with Gasteiger partial charge in [-0.15, -0.1) is 0 Å². The summed E-state index contributed by atoms with van der Waals surface area (Å²) in [5.74, 6) is -2.78. The molecule has 0 radical (unpaired) electrons. The fraction of sp³-hybridized carbons (Fsp3) is 0.846. The molecule has 0 saturated carbocycles. The Balaban J connectivity index is 2.22. The van der Waals surface area contributed by atoms with Crippen LogP contribution in [0.2, 0.25) is 0 Å². The molecule has 0 amide bonds. The Morgan fingerprint density at radius 1 is 0.808 bits per heavy atom. The monoisotopic (exact) mass is 384 g/mol. The van der Waals surface area contributed by atoms with Crippen LogP contribution in [-0.2, 0) is 28.5 Å². The first-order valence-electron chi connectivity index (χ1n) is 7.45. The summed E-state index contributed by atoms with van der Waals surface area (Å²) in [5, 5.41) is 67.7. The van der Waals surface area contributed by atoms with E-state index in [2.05, 4.69) is 9.47 Å². The third-order valence-corrected chi connectivity index (χ3v) is 4.10. The van der Waals surface area contributed by atoms with Crippen molar-refractivity contribution in [3.8, 4) is 0 Å². The highest BCUT2D eigenvalue weighted by Crippen LogP contribution is 2.29. The molecule has 7 N–H and O–H groups in total. The summed E-state index contributed by atoms with van der Waals surface area (Å²) < 4.78 is 19.2. The maximum Gasteiger partial charge on any atom is 0.337 e. The van der Waals surface area contributed by atoms with E-state index in [1.165, 1.54) is 0 Å². The van der Waals surface area contributed by atoms with Crippen LogP contribution < -0.4 is 0 Å². The molecule has 0 aromatic rings.